The summed E-state index contributed by atoms with van der Waals surface area (Å²) in [7, 11) is 0. The normalized spacial score (nSPS) is 11.7. The number of hydrogen-bond donors (Lipinski definition) is 0. The van der Waals surface area contributed by atoms with E-state index in [0.717, 1.165) is 5.02 Å². The molecule has 0 aliphatic carbocycles. The zero-order valence-electron chi connectivity index (χ0n) is 5.52. The molecule has 1 aromatic rings. The Morgan fingerprint density at radius 1 is 1.27 bits per heavy atom. The molecule has 58 valence electrons. The monoisotopic (exact) mass is 390 g/mol. The molecule has 0 aliphatic rings. The Kier molecular flexibility index (Phi) is 4.16. The molecule has 0 spiro atoms. The zero-order valence-corrected chi connectivity index (χ0v) is 10.6. The highest BCUT2D eigenvalue weighted by Crippen LogP contribution is 2.24. The van der Waals surface area contributed by atoms with Crippen LogP contribution in [0.15, 0.2) is 28.3 Å². The van der Waals surface area contributed by atoms with Gasteiger partial charge in [-0.2, -0.15) is 0 Å². The molecular formula is C8H5ClI2. The van der Waals surface area contributed by atoms with Gasteiger partial charge in [0.15, 0.2) is 0 Å². The molecule has 0 fully saturated rings. The van der Waals surface area contributed by atoms with Crippen LogP contribution in [0.5, 0.6) is 0 Å². The van der Waals surface area contributed by atoms with Crippen molar-refractivity contribution in [2.45, 2.75) is 0 Å². The van der Waals surface area contributed by atoms with Crippen LogP contribution >= 0.6 is 56.8 Å². The second-order valence-electron chi connectivity index (χ2n) is 1.96. The molecule has 0 atom stereocenters. The van der Waals surface area contributed by atoms with Gasteiger partial charge in [0.1, 0.15) is 0 Å². The zero-order chi connectivity index (χ0) is 8.27. The Balaban J connectivity index is 2.99. The molecule has 3 heteroatoms. The van der Waals surface area contributed by atoms with Gasteiger partial charge in [-0.15, -0.1) is 0 Å². The summed E-state index contributed by atoms with van der Waals surface area (Å²) in [6, 6.07) is 7.82. The van der Waals surface area contributed by atoms with E-state index >= 15 is 0 Å². The number of halogens is 3. The Labute approximate surface area is 98.3 Å². The minimum Gasteiger partial charge on any atom is -0.0843 e. The van der Waals surface area contributed by atoms with Gasteiger partial charge in [0.2, 0.25) is 0 Å². The van der Waals surface area contributed by atoms with Crippen LogP contribution in [0.2, 0.25) is 5.02 Å². The maximum absolute atomic E-state index is 5.74. The Bertz CT molecular complexity index is 264. The van der Waals surface area contributed by atoms with E-state index in [1.54, 1.807) is 0 Å². The molecule has 0 aromatic heterocycles. The predicted octanol–water partition coefficient (Wildman–Crippen LogP) is 4.51. The predicted molar refractivity (Wildman–Crippen MR) is 67.5 cm³/mol. The van der Waals surface area contributed by atoms with E-state index in [-0.39, 0.29) is 0 Å². The fourth-order valence-electron chi connectivity index (χ4n) is 0.672. The first-order valence-electron chi connectivity index (χ1n) is 2.96. The Morgan fingerprint density at radius 3 is 2.27 bits per heavy atom. The first kappa shape index (κ1) is 9.80. The van der Waals surface area contributed by atoms with Crippen LogP contribution in [0.1, 0.15) is 5.56 Å². The van der Waals surface area contributed by atoms with Crippen molar-refractivity contribution in [3.05, 3.63) is 38.9 Å². The largest absolute Gasteiger partial charge is 0.0843 e. The molecule has 0 saturated heterocycles. The number of hydrogen-bond acceptors (Lipinski definition) is 0. The summed E-state index contributed by atoms with van der Waals surface area (Å²) in [5, 5.41) is 0.784. The van der Waals surface area contributed by atoms with Gasteiger partial charge in [-0.05, 0) is 44.4 Å². The van der Waals surface area contributed by atoms with Gasteiger partial charge in [-0.1, -0.05) is 46.3 Å². The summed E-state index contributed by atoms with van der Waals surface area (Å²) >= 11 is 10.3. The van der Waals surface area contributed by atoms with Gasteiger partial charge in [0.25, 0.3) is 0 Å². The lowest BCUT2D eigenvalue weighted by molar-refractivity contribution is 1.66. The van der Waals surface area contributed by atoms with E-state index in [0.29, 0.717) is 0 Å². The summed E-state index contributed by atoms with van der Waals surface area (Å²) < 4.78 is 3.28. The van der Waals surface area contributed by atoms with Crippen molar-refractivity contribution in [1.82, 2.24) is 0 Å². The van der Waals surface area contributed by atoms with Crippen LogP contribution in [0.25, 0.3) is 3.58 Å². The maximum Gasteiger partial charge on any atom is 0.0406 e. The summed E-state index contributed by atoms with van der Waals surface area (Å²) in [6.45, 7) is 0. The highest BCUT2D eigenvalue weighted by molar-refractivity contribution is 14.1. The Hall–Kier alpha value is 0.710. The van der Waals surface area contributed by atoms with Crippen LogP contribution in [0, 0.1) is 0 Å². The molecule has 0 radical (unpaired) electrons. The van der Waals surface area contributed by atoms with E-state index in [2.05, 4.69) is 45.2 Å². The third-order valence-electron chi connectivity index (χ3n) is 1.22. The van der Waals surface area contributed by atoms with Crippen LogP contribution in [-0.4, -0.2) is 0 Å². The van der Waals surface area contributed by atoms with Crippen molar-refractivity contribution in [2.24, 2.45) is 0 Å². The first-order valence-corrected chi connectivity index (χ1v) is 5.66. The number of benzene rings is 1. The van der Waals surface area contributed by atoms with Crippen LogP contribution in [-0.2, 0) is 0 Å². The molecule has 0 bridgehead atoms. The fraction of sp³-hybridized carbons (Fsp3) is 0. The van der Waals surface area contributed by atoms with Gasteiger partial charge in [0.05, 0.1) is 0 Å². The lowest BCUT2D eigenvalue weighted by Gasteiger charge is -1.96. The molecule has 1 aromatic carbocycles. The van der Waals surface area contributed by atoms with E-state index in [4.69, 9.17) is 11.6 Å². The molecule has 0 unspecified atom stereocenters. The van der Waals surface area contributed by atoms with Gasteiger partial charge in [-0.3, -0.25) is 0 Å². The van der Waals surface area contributed by atoms with Gasteiger partial charge >= 0.3 is 0 Å². The van der Waals surface area contributed by atoms with Crippen molar-refractivity contribution in [3.63, 3.8) is 0 Å². The van der Waals surface area contributed by atoms with Crippen molar-refractivity contribution >= 4 is 60.4 Å². The topological polar surface area (TPSA) is 0 Å². The third kappa shape index (κ3) is 2.91. The van der Waals surface area contributed by atoms with Gasteiger partial charge in [0, 0.05) is 8.60 Å². The van der Waals surface area contributed by atoms with E-state index in [1.165, 1.54) is 9.14 Å². The molecular weight excluding hydrogens is 385 g/mol. The van der Waals surface area contributed by atoms with Crippen LogP contribution in [0.3, 0.4) is 0 Å². The second-order valence-corrected chi connectivity index (χ2v) is 4.19. The molecule has 0 aliphatic heterocycles. The summed E-state index contributed by atoms with van der Waals surface area (Å²) in [6.07, 6.45) is 0. The molecule has 0 saturated carbocycles. The van der Waals surface area contributed by atoms with E-state index in [1.807, 2.05) is 28.3 Å². The summed E-state index contributed by atoms with van der Waals surface area (Å²) in [5.74, 6) is 0. The third-order valence-corrected chi connectivity index (χ3v) is 4.22. The number of rotatable bonds is 1. The second kappa shape index (κ2) is 4.67. The van der Waals surface area contributed by atoms with Crippen LogP contribution < -0.4 is 0 Å². The maximum atomic E-state index is 5.74. The van der Waals surface area contributed by atoms with Crippen molar-refractivity contribution in [3.8, 4) is 0 Å². The summed E-state index contributed by atoms with van der Waals surface area (Å²) in [4.78, 5) is 0. The molecule has 11 heavy (non-hydrogen) atoms. The van der Waals surface area contributed by atoms with E-state index in [9.17, 15) is 0 Å². The first-order chi connectivity index (χ1) is 5.24. The van der Waals surface area contributed by atoms with Crippen molar-refractivity contribution in [2.75, 3.05) is 0 Å². The summed E-state index contributed by atoms with van der Waals surface area (Å²) in [5.41, 5.74) is 1.21. The van der Waals surface area contributed by atoms with Crippen LogP contribution in [0.4, 0.5) is 0 Å². The lowest BCUT2D eigenvalue weighted by atomic mass is 10.2. The average molecular weight is 390 g/mol. The molecule has 0 amide bonds. The SMILES string of the molecule is Clc1ccc(/C(I)=C\I)cc1. The van der Waals surface area contributed by atoms with E-state index < -0.39 is 0 Å². The molecule has 0 nitrogen and oxygen atoms in total. The highest BCUT2D eigenvalue weighted by atomic mass is 127. The molecule has 0 heterocycles. The quantitative estimate of drug-likeness (QED) is 0.619. The smallest absolute Gasteiger partial charge is 0.0406 e. The highest BCUT2D eigenvalue weighted by Gasteiger charge is 1.94. The Morgan fingerprint density at radius 2 is 1.82 bits per heavy atom. The minimum absolute atomic E-state index is 0.784. The molecule has 1 rings (SSSR count). The fourth-order valence-corrected chi connectivity index (χ4v) is 1.52. The van der Waals surface area contributed by atoms with Crippen molar-refractivity contribution in [1.29, 1.82) is 0 Å². The molecule has 0 N–H and O–H groups in total. The van der Waals surface area contributed by atoms with Gasteiger partial charge in [-0.25, -0.2) is 0 Å². The minimum atomic E-state index is 0.784. The standard InChI is InChI=1S/C8H5ClI2/c9-7-3-1-6(2-4-7)8(11)5-10/h1-5H/b8-5+. The lowest BCUT2D eigenvalue weighted by Crippen LogP contribution is -1.73. The van der Waals surface area contributed by atoms with Crippen molar-refractivity contribution < 1.29 is 0 Å². The van der Waals surface area contributed by atoms with Gasteiger partial charge < -0.3 is 0 Å². The average Bonchev–Trinajstić information content (AvgIpc) is 2.05.